The van der Waals surface area contributed by atoms with E-state index in [1.165, 1.54) is 12.0 Å². The lowest BCUT2D eigenvalue weighted by molar-refractivity contribution is -0.145. The molecule has 0 heterocycles. The third kappa shape index (κ3) is 11.8. The van der Waals surface area contributed by atoms with E-state index in [1.807, 2.05) is 13.8 Å². The number of nitrogens with zero attached hydrogens (tertiary/aromatic N) is 1. The summed E-state index contributed by atoms with van der Waals surface area (Å²) in [5, 5.41) is 5.31. The van der Waals surface area contributed by atoms with Crippen LogP contribution in [0.5, 0.6) is 0 Å². The Morgan fingerprint density at radius 2 is 1.74 bits per heavy atom. The zero-order valence-corrected chi connectivity index (χ0v) is 24.5. The third-order valence-corrected chi connectivity index (χ3v) is 5.84. The van der Waals surface area contributed by atoms with Gasteiger partial charge in [0.2, 0.25) is 11.8 Å². The van der Waals surface area contributed by atoms with Crippen molar-refractivity contribution in [3.8, 4) is 12.3 Å². The van der Waals surface area contributed by atoms with Crippen molar-refractivity contribution in [2.75, 3.05) is 20.2 Å². The van der Waals surface area contributed by atoms with Crippen LogP contribution < -0.4 is 10.6 Å². The first-order chi connectivity index (χ1) is 18.3. The van der Waals surface area contributed by atoms with Gasteiger partial charge in [0, 0.05) is 12.1 Å². The number of hydrogen-bond acceptors (Lipinski definition) is 6. The van der Waals surface area contributed by atoms with Crippen molar-refractivity contribution in [2.24, 2.45) is 5.92 Å². The number of benzene rings is 1. The first-order valence-corrected chi connectivity index (χ1v) is 13.5. The molecule has 0 saturated heterocycles. The SMILES string of the molecule is C#Cc1ccccc1C(C(=O)NCC(=O)OC)N(CCCCCC)C(=O)C(CC(C)C)NC(=O)OC(C)(C)C. The summed E-state index contributed by atoms with van der Waals surface area (Å²) < 4.78 is 10.1. The van der Waals surface area contributed by atoms with Crippen molar-refractivity contribution < 1.29 is 28.7 Å². The van der Waals surface area contributed by atoms with Gasteiger partial charge in [0.25, 0.3) is 0 Å². The average Bonchev–Trinajstić information content (AvgIpc) is 2.86. The fourth-order valence-corrected chi connectivity index (χ4v) is 4.06. The van der Waals surface area contributed by atoms with Crippen LogP contribution in [0.15, 0.2) is 24.3 Å². The van der Waals surface area contributed by atoms with Crippen molar-refractivity contribution >= 4 is 23.9 Å². The quantitative estimate of drug-likeness (QED) is 0.205. The molecule has 9 nitrogen and oxygen atoms in total. The van der Waals surface area contributed by atoms with Crippen molar-refractivity contribution in [3.05, 3.63) is 35.4 Å². The summed E-state index contributed by atoms with van der Waals surface area (Å²) in [7, 11) is 1.22. The molecule has 2 N–H and O–H groups in total. The Morgan fingerprint density at radius 3 is 2.31 bits per heavy atom. The van der Waals surface area contributed by atoms with Gasteiger partial charge in [0.1, 0.15) is 24.2 Å². The largest absolute Gasteiger partial charge is 0.468 e. The molecule has 0 aliphatic carbocycles. The fourth-order valence-electron chi connectivity index (χ4n) is 4.06. The molecule has 0 saturated carbocycles. The third-order valence-electron chi connectivity index (χ3n) is 5.84. The first-order valence-electron chi connectivity index (χ1n) is 13.5. The number of esters is 1. The van der Waals surface area contributed by atoms with E-state index in [1.54, 1.807) is 45.0 Å². The van der Waals surface area contributed by atoms with Gasteiger partial charge in [-0.15, -0.1) is 6.42 Å². The van der Waals surface area contributed by atoms with E-state index in [0.29, 0.717) is 24.0 Å². The van der Waals surface area contributed by atoms with E-state index in [4.69, 9.17) is 11.2 Å². The lowest BCUT2D eigenvalue weighted by atomic mass is 9.95. The predicted molar refractivity (Wildman–Crippen MR) is 151 cm³/mol. The lowest BCUT2D eigenvalue weighted by Gasteiger charge is -2.35. The molecule has 2 atom stereocenters. The maximum absolute atomic E-state index is 14.2. The van der Waals surface area contributed by atoms with Crippen molar-refractivity contribution in [3.63, 3.8) is 0 Å². The Balaban J connectivity index is 3.58. The molecular weight excluding hydrogens is 498 g/mol. The zero-order valence-electron chi connectivity index (χ0n) is 24.5. The summed E-state index contributed by atoms with van der Waals surface area (Å²) >= 11 is 0. The van der Waals surface area contributed by atoms with Crippen LogP contribution in [-0.2, 0) is 23.9 Å². The molecule has 0 aromatic heterocycles. The number of rotatable bonds is 14. The molecule has 0 radical (unpaired) electrons. The van der Waals surface area contributed by atoms with Crippen LogP contribution in [0, 0.1) is 18.3 Å². The Labute approximate surface area is 233 Å². The zero-order chi connectivity index (χ0) is 29.6. The number of ether oxygens (including phenoxy) is 2. The minimum Gasteiger partial charge on any atom is -0.468 e. The summed E-state index contributed by atoms with van der Waals surface area (Å²) in [4.78, 5) is 53.8. The molecule has 9 heteroatoms. The predicted octanol–water partition coefficient (Wildman–Crippen LogP) is 4.35. The van der Waals surface area contributed by atoms with E-state index >= 15 is 0 Å². The van der Waals surface area contributed by atoms with Crippen molar-refractivity contribution in [1.29, 1.82) is 0 Å². The number of carbonyl (C=O) groups is 4. The van der Waals surface area contributed by atoms with Gasteiger partial charge in [0.05, 0.1) is 7.11 Å². The molecular formula is C30H45N3O6. The monoisotopic (exact) mass is 543 g/mol. The van der Waals surface area contributed by atoms with Gasteiger partial charge in [0.15, 0.2) is 0 Å². The van der Waals surface area contributed by atoms with Crippen LogP contribution in [0.1, 0.15) is 90.8 Å². The van der Waals surface area contributed by atoms with Gasteiger partial charge < -0.3 is 25.0 Å². The molecule has 3 amide bonds. The van der Waals surface area contributed by atoms with Gasteiger partial charge in [-0.25, -0.2) is 4.79 Å². The molecule has 0 bridgehead atoms. The summed E-state index contributed by atoms with van der Waals surface area (Å²) in [6, 6.07) is 4.80. The Kier molecular flexibility index (Phi) is 14.1. The van der Waals surface area contributed by atoms with Gasteiger partial charge >= 0.3 is 12.1 Å². The molecule has 0 aliphatic rings. The fraction of sp³-hybridized carbons (Fsp3) is 0.600. The molecule has 1 rings (SSSR count). The number of alkyl carbamates (subject to hydrolysis) is 1. The van der Waals surface area contributed by atoms with Gasteiger partial charge in [-0.2, -0.15) is 0 Å². The minimum atomic E-state index is -1.13. The molecule has 0 fully saturated rings. The summed E-state index contributed by atoms with van der Waals surface area (Å²) in [6.45, 7) is 11.1. The van der Waals surface area contributed by atoms with Crippen LogP contribution in [0.3, 0.4) is 0 Å². The highest BCUT2D eigenvalue weighted by Crippen LogP contribution is 2.27. The van der Waals surface area contributed by atoms with E-state index in [0.717, 1.165) is 19.3 Å². The van der Waals surface area contributed by atoms with Crippen LogP contribution in [0.4, 0.5) is 4.79 Å². The van der Waals surface area contributed by atoms with E-state index in [2.05, 4.69) is 28.2 Å². The second kappa shape index (κ2) is 16.4. The van der Waals surface area contributed by atoms with Crippen LogP contribution >= 0.6 is 0 Å². The van der Waals surface area contributed by atoms with Crippen molar-refractivity contribution in [1.82, 2.24) is 15.5 Å². The molecule has 1 aromatic carbocycles. The molecule has 2 unspecified atom stereocenters. The molecule has 1 aromatic rings. The summed E-state index contributed by atoms with van der Waals surface area (Å²) in [5.74, 6) is 1.02. The maximum Gasteiger partial charge on any atom is 0.408 e. The highest BCUT2D eigenvalue weighted by atomic mass is 16.6. The van der Waals surface area contributed by atoms with Gasteiger partial charge in [-0.3, -0.25) is 14.4 Å². The number of nitrogens with one attached hydrogen (secondary N) is 2. The van der Waals surface area contributed by atoms with Crippen LogP contribution in [0.2, 0.25) is 0 Å². The lowest BCUT2D eigenvalue weighted by Crippen LogP contribution is -2.54. The standard InChI is InChI=1S/C30H45N3O6/c1-9-11-12-15-18-33(28(36)24(19-21(3)4)32-29(37)39-30(5,6)7)26(27(35)31-20-25(34)38-8)23-17-14-13-16-22(23)10-2/h2,13-14,16-17,21,24,26H,9,11-12,15,18-20H2,1,3-8H3,(H,31,35)(H,32,37). The summed E-state index contributed by atoms with van der Waals surface area (Å²) in [5.41, 5.74) is 0.145. The number of carbonyl (C=O) groups excluding carboxylic acids is 4. The van der Waals surface area contributed by atoms with Crippen LogP contribution in [-0.4, -0.2) is 60.6 Å². The smallest absolute Gasteiger partial charge is 0.408 e. The first kappa shape index (κ1) is 33.5. The van der Waals surface area contributed by atoms with Gasteiger partial charge in [-0.05, 0) is 51.2 Å². The topological polar surface area (TPSA) is 114 Å². The molecule has 216 valence electrons. The van der Waals surface area contributed by atoms with E-state index < -0.39 is 41.6 Å². The van der Waals surface area contributed by atoms with E-state index in [-0.39, 0.29) is 19.0 Å². The molecule has 0 spiro atoms. The van der Waals surface area contributed by atoms with Crippen LogP contribution in [0.25, 0.3) is 0 Å². The number of unbranched alkanes of at least 4 members (excludes halogenated alkanes) is 3. The Morgan fingerprint density at radius 1 is 1.08 bits per heavy atom. The van der Waals surface area contributed by atoms with Gasteiger partial charge in [-0.1, -0.05) is 64.2 Å². The minimum absolute atomic E-state index is 0.0559. The second-order valence-corrected chi connectivity index (χ2v) is 10.8. The molecule has 0 aliphatic heterocycles. The number of amides is 3. The Bertz CT molecular complexity index is 1010. The maximum atomic E-state index is 14.2. The van der Waals surface area contributed by atoms with E-state index in [9.17, 15) is 19.2 Å². The van der Waals surface area contributed by atoms with Crippen molar-refractivity contribution in [2.45, 2.75) is 91.3 Å². The highest BCUT2D eigenvalue weighted by molar-refractivity contribution is 5.93. The number of terminal acetylenes is 1. The normalized spacial score (nSPS) is 12.6. The summed E-state index contributed by atoms with van der Waals surface area (Å²) in [6.07, 6.45) is 8.82. The average molecular weight is 544 g/mol. The molecule has 39 heavy (non-hydrogen) atoms. The number of methoxy groups -OCH3 is 1. The number of hydrogen-bond donors (Lipinski definition) is 2. The Hall–Kier alpha value is -3.54. The highest BCUT2D eigenvalue weighted by Gasteiger charge is 2.37. The second-order valence-electron chi connectivity index (χ2n) is 10.8.